The number of hydrogen-bond acceptors (Lipinski definition) is 5. The van der Waals surface area contributed by atoms with Crippen LogP contribution < -0.4 is 10.6 Å². The summed E-state index contributed by atoms with van der Waals surface area (Å²) in [6, 6.07) is 2.49. The molecular formula is C19H24N6O3. The quantitative estimate of drug-likeness (QED) is 0.584. The fourth-order valence-electron chi connectivity index (χ4n) is 3.89. The first kappa shape index (κ1) is 18.3. The summed E-state index contributed by atoms with van der Waals surface area (Å²) in [6.45, 7) is 1.92. The van der Waals surface area contributed by atoms with Crippen LogP contribution in [0.15, 0.2) is 24.8 Å². The highest BCUT2D eigenvalue weighted by molar-refractivity contribution is 6.00. The second kappa shape index (κ2) is 7.87. The number of fused-ring (bicyclic) bond motifs is 3. The number of hydrogen-bond donors (Lipinski definition) is 3. The van der Waals surface area contributed by atoms with Crippen LogP contribution in [-0.4, -0.2) is 50.7 Å². The monoisotopic (exact) mass is 384 g/mol. The highest BCUT2D eigenvalue weighted by atomic mass is 16.5. The van der Waals surface area contributed by atoms with Crippen molar-refractivity contribution in [3.63, 3.8) is 0 Å². The summed E-state index contributed by atoms with van der Waals surface area (Å²) in [5.74, 6) is -0.137. The molecule has 3 heterocycles. The molecule has 0 aliphatic heterocycles. The predicted octanol–water partition coefficient (Wildman–Crippen LogP) is 2.26. The molecule has 1 aliphatic carbocycles. The first-order valence-corrected chi connectivity index (χ1v) is 9.58. The van der Waals surface area contributed by atoms with Crippen LogP contribution in [0.4, 0.5) is 4.79 Å². The zero-order valence-corrected chi connectivity index (χ0v) is 15.8. The van der Waals surface area contributed by atoms with Gasteiger partial charge in [0.05, 0.1) is 24.6 Å². The summed E-state index contributed by atoms with van der Waals surface area (Å²) in [5.41, 5.74) is 2.88. The Bertz CT molecular complexity index is 986. The number of amides is 2. The average molecular weight is 384 g/mol. The molecule has 4 rings (SSSR count). The molecule has 0 unspecified atom stereocenters. The van der Waals surface area contributed by atoms with Gasteiger partial charge in [-0.3, -0.25) is 4.79 Å². The van der Waals surface area contributed by atoms with Crippen LogP contribution in [0.5, 0.6) is 0 Å². The minimum Gasteiger partial charge on any atom is -0.448 e. The molecule has 1 aliphatic rings. The largest absolute Gasteiger partial charge is 0.448 e. The normalized spacial score (nSPS) is 19.6. The molecular weight excluding hydrogens is 360 g/mol. The lowest BCUT2D eigenvalue weighted by atomic mass is 9.91. The van der Waals surface area contributed by atoms with Crippen LogP contribution >= 0.6 is 0 Å². The Morgan fingerprint density at radius 2 is 2.11 bits per heavy atom. The standard InChI is InChI=1S/C19H24N6O3/c1-12(26)20-8-9-28-19(27)24-13-2-4-14(5-3-13)25-11-23-16-10-22-18-15(17(16)25)6-7-21-18/h6-7,10-11,13-14H,2-5,8-9H2,1H3,(H,20,26)(H,21,22)(H,24,27). The van der Waals surface area contributed by atoms with Gasteiger partial charge in [0.15, 0.2) is 0 Å². The van der Waals surface area contributed by atoms with Crippen molar-refractivity contribution in [1.82, 2.24) is 30.2 Å². The van der Waals surface area contributed by atoms with Gasteiger partial charge in [-0.15, -0.1) is 0 Å². The Labute approximate surface area is 161 Å². The zero-order valence-electron chi connectivity index (χ0n) is 15.8. The maximum absolute atomic E-state index is 11.9. The number of alkyl carbamates (subject to hydrolysis) is 1. The van der Waals surface area contributed by atoms with E-state index >= 15 is 0 Å². The van der Waals surface area contributed by atoms with Gasteiger partial charge in [-0.25, -0.2) is 14.8 Å². The van der Waals surface area contributed by atoms with Gasteiger partial charge in [-0.1, -0.05) is 0 Å². The Morgan fingerprint density at radius 1 is 1.29 bits per heavy atom. The predicted molar refractivity (Wildman–Crippen MR) is 104 cm³/mol. The van der Waals surface area contributed by atoms with Crippen molar-refractivity contribution < 1.29 is 14.3 Å². The van der Waals surface area contributed by atoms with Crippen LogP contribution in [0.1, 0.15) is 38.6 Å². The van der Waals surface area contributed by atoms with E-state index in [9.17, 15) is 9.59 Å². The number of carbonyl (C=O) groups excluding carboxylic acids is 2. The van der Waals surface area contributed by atoms with Crippen molar-refractivity contribution in [2.45, 2.75) is 44.7 Å². The molecule has 3 aromatic heterocycles. The van der Waals surface area contributed by atoms with Crippen molar-refractivity contribution >= 4 is 34.1 Å². The molecule has 148 valence electrons. The van der Waals surface area contributed by atoms with Gasteiger partial charge < -0.3 is 24.9 Å². The Hall–Kier alpha value is -3.10. The summed E-state index contributed by atoms with van der Waals surface area (Å²) >= 11 is 0. The molecule has 0 spiro atoms. The van der Waals surface area contributed by atoms with Crippen LogP contribution in [0.25, 0.3) is 22.1 Å². The highest BCUT2D eigenvalue weighted by Crippen LogP contribution is 2.33. The van der Waals surface area contributed by atoms with Gasteiger partial charge in [0.2, 0.25) is 5.91 Å². The molecule has 0 radical (unpaired) electrons. The van der Waals surface area contributed by atoms with Gasteiger partial charge in [0.25, 0.3) is 0 Å². The van der Waals surface area contributed by atoms with E-state index in [1.54, 1.807) is 6.20 Å². The van der Waals surface area contributed by atoms with Gasteiger partial charge in [-0.05, 0) is 31.7 Å². The van der Waals surface area contributed by atoms with Gasteiger partial charge in [-0.2, -0.15) is 0 Å². The number of imidazole rings is 1. The second-order valence-electron chi connectivity index (χ2n) is 7.15. The van der Waals surface area contributed by atoms with Crippen molar-refractivity contribution in [3.8, 4) is 0 Å². The molecule has 3 aromatic rings. The van der Waals surface area contributed by atoms with Crippen molar-refractivity contribution in [2.75, 3.05) is 13.2 Å². The van der Waals surface area contributed by atoms with Crippen LogP contribution in [0.3, 0.4) is 0 Å². The molecule has 3 N–H and O–H groups in total. The lowest BCUT2D eigenvalue weighted by Crippen LogP contribution is -2.39. The third kappa shape index (κ3) is 3.78. The highest BCUT2D eigenvalue weighted by Gasteiger charge is 2.25. The zero-order chi connectivity index (χ0) is 19.5. The Kier molecular flexibility index (Phi) is 5.14. The van der Waals surface area contributed by atoms with Crippen molar-refractivity contribution in [3.05, 3.63) is 24.8 Å². The second-order valence-corrected chi connectivity index (χ2v) is 7.15. The topological polar surface area (TPSA) is 114 Å². The fourth-order valence-corrected chi connectivity index (χ4v) is 3.89. The van der Waals surface area contributed by atoms with E-state index in [2.05, 4.69) is 30.2 Å². The summed E-state index contributed by atoms with van der Waals surface area (Å²) in [6.07, 6.45) is 8.84. The van der Waals surface area contributed by atoms with E-state index in [0.29, 0.717) is 12.6 Å². The molecule has 9 heteroatoms. The molecule has 2 amide bonds. The molecule has 0 bridgehead atoms. The summed E-state index contributed by atoms with van der Waals surface area (Å²) < 4.78 is 7.35. The van der Waals surface area contributed by atoms with E-state index in [0.717, 1.165) is 47.8 Å². The van der Waals surface area contributed by atoms with Gasteiger partial charge in [0, 0.05) is 30.6 Å². The number of aromatic amines is 1. The number of H-pyrrole nitrogens is 1. The minimum atomic E-state index is -0.429. The van der Waals surface area contributed by atoms with Gasteiger partial charge >= 0.3 is 6.09 Å². The SMILES string of the molecule is CC(=O)NCCOC(=O)NC1CCC(n2cnc3cnc4[nH]ccc4c32)CC1. The van der Waals surface area contributed by atoms with E-state index in [1.165, 1.54) is 6.92 Å². The van der Waals surface area contributed by atoms with Crippen LogP contribution in [0, 0.1) is 0 Å². The molecule has 9 nitrogen and oxygen atoms in total. The van der Waals surface area contributed by atoms with Gasteiger partial charge in [0.1, 0.15) is 17.8 Å². The molecule has 0 aromatic carbocycles. The van der Waals surface area contributed by atoms with E-state index in [1.807, 2.05) is 18.6 Å². The number of carbonyl (C=O) groups is 2. The fraction of sp³-hybridized carbons (Fsp3) is 0.474. The Balaban J connectivity index is 1.33. The smallest absolute Gasteiger partial charge is 0.407 e. The average Bonchev–Trinajstić information content (AvgIpc) is 3.32. The van der Waals surface area contributed by atoms with E-state index < -0.39 is 6.09 Å². The lowest BCUT2D eigenvalue weighted by molar-refractivity contribution is -0.119. The minimum absolute atomic E-state index is 0.105. The summed E-state index contributed by atoms with van der Waals surface area (Å²) in [4.78, 5) is 34.7. The van der Waals surface area contributed by atoms with Crippen LogP contribution in [0.2, 0.25) is 0 Å². The first-order chi connectivity index (χ1) is 13.6. The Morgan fingerprint density at radius 3 is 2.89 bits per heavy atom. The number of rotatable bonds is 5. The van der Waals surface area contributed by atoms with Crippen molar-refractivity contribution in [2.24, 2.45) is 0 Å². The number of nitrogens with one attached hydrogen (secondary N) is 3. The number of nitrogens with zero attached hydrogens (tertiary/aromatic N) is 3. The number of pyridine rings is 1. The van der Waals surface area contributed by atoms with Crippen LogP contribution in [-0.2, 0) is 9.53 Å². The lowest BCUT2D eigenvalue weighted by Gasteiger charge is -2.30. The number of ether oxygens (including phenoxy) is 1. The third-order valence-electron chi connectivity index (χ3n) is 5.24. The first-order valence-electron chi connectivity index (χ1n) is 9.58. The van der Waals surface area contributed by atoms with E-state index in [4.69, 9.17) is 4.74 Å². The molecule has 1 saturated carbocycles. The molecule has 1 fully saturated rings. The molecule has 0 saturated heterocycles. The summed E-state index contributed by atoms with van der Waals surface area (Å²) in [5, 5.41) is 6.60. The van der Waals surface area contributed by atoms with Crippen molar-refractivity contribution in [1.29, 1.82) is 0 Å². The summed E-state index contributed by atoms with van der Waals surface area (Å²) in [7, 11) is 0. The maximum atomic E-state index is 11.9. The molecule has 28 heavy (non-hydrogen) atoms. The molecule has 0 atom stereocenters. The number of aromatic nitrogens is 4. The third-order valence-corrected chi connectivity index (χ3v) is 5.24. The maximum Gasteiger partial charge on any atom is 0.407 e. The van der Waals surface area contributed by atoms with E-state index in [-0.39, 0.29) is 18.6 Å².